The highest BCUT2D eigenvalue weighted by molar-refractivity contribution is 6.09. The predicted octanol–water partition coefficient (Wildman–Crippen LogP) is 2.38. The van der Waals surface area contributed by atoms with Gasteiger partial charge in [0.2, 0.25) is 5.91 Å². The summed E-state index contributed by atoms with van der Waals surface area (Å²) in [6.07, 6.45) is 0.984. The van der Waals surface area contributed by atoms with Gasteiger partial charge in [0.25, 0.3) is 0 Å². The van der Waals surface area contributed by atoms with Gasteiger partial charge in [-0.25, -0.2) is 4.79 Å². The van der Waals surface area contributed by atoms with Crippen molar-refractivity contribution in [3.8, 4) is 11.5 Å². The van der Waals surface area contributed by atoms with Crippen LogP contribution in [-0.4, -0.2) is 79.6 Å². The van der Waals surface area contributed by atoms with Gasteiger partial charge in [0.05, 0.1) is 32.9 Å². The molecule has 1 aliphatic heterocycles. The Morgan fingerprint density at radius 3 is 2.30 bits per heavy atom. The van der Waals surface area contributed by atoms with Crippen LogP contribution in [0.5, 0.6) is 11.5 Å². The normalized spacial score (nSPS) is 16.5. The highest BCUT2D eigenvalue weighted by Crippen LogP contribution is 2.35. The molecule has 37 heavy (non-hydrogen) atoms. The fourth-order valence-corrected chi connectivity index (χ4v) is 4.58. The number of fused-ring (bicyclic) bond motifs is 1. The van der Waals surface area contributed by atoms with Crippen LogP contribution < -0.4 is 9.47 Å². The van der Waals surface area contributed by atoms with E-state index in [1.807, 2.05) is 30.3 Å². The number of carbonyl (C=O) groups is 3. The van der Waals surface area contributed by atoms with E-state index in [9.17, 15) is 19.5 Å². The molecule has 196 valence electrons. The zero-order chi connectivity index (χ0) is 27.1. The average Bonchev–Trinajstić information content (AvgIpc) is 2.91. The molecule has 10 heteroatoms. The van der Waals surface area contributed by atoms with E-state index in [0.29, 0.717) is 24.3 Å². The number of carbonyl (C=O) groups excluding carboxylic acids is 2. The summed E-state index contributed by atoms with van der Waals surface area (Å²) in [4.78, 5) is 41.1. The van der Waals surface area contributed by atoms with Gasteiger partial charge in [-0.3, -0.25) is 9.59 Å². The van der Waals surface area contributed by atoms with E-state index in [-0.39, 0.29) is 19.6 Å². The second kappa shape index (κ2) is 12.6. The standard InChI is InChI=1S/C27H33BN2O7/c1-5-37-27(34)21(12-11-18-9-7-6-8-10-18)30(28)17(2)25(31)29-16-20-15-24(36-4)23(35-3)14-19(20)13-22(29)26(32)33/h6-10,14-15,17,21-22H,5,11-13,16H2,1-4H3,(H,32,33)/t17-,21-,22-/m0/s1. The van der Waals surface area contributed by atoms with Gasteiger partial charge in [0.1, 0.15) is 6.04 Å². The zero-order valence-corrected chi connectivity index (χ0v) is 21.7. The van der Waals surface area contributed by atoms with Crippen molar-refractivity contribution in [1.29, 1.82) is 0 Å². The van der Waals surface area contributed by atoms with Crippen LogP contribution >= 0.6 is 0 Å². The van der Waals surface area contributed by atoms with Crippen molar-refractivity contribution < 1.29 is 33.7 Å². The maximum absolute atomic E-state index is 13.6. The molecular formula is C27H33BN2O7. The number of nitrogens with zero attached hydrogens (tertiary/aromatic N) is 2. The van der Waals surface area contributed by atoms with Crippen molar-refractivity contribution in [2.75, 3.05) is 20.8 Å². The molecular weight excluding hydrogens is 475 g/mol. The van der Waals surface area contributed by atoms with Gasteiger partial charge in [0, 0.05) is 13.0 Å². The Labute approximate surface area is 218 Å². The molecule has 0 aliphatic carbocycles. The number of hydrogen-bond acceptors (Lipinski definition) is 7. The van der Waals surface area contributed by atoms with E-state index in [1.165, 1.54) is 23.9 Å². The van der Waals surface area contributed by atoms with Crippen molar-refractivity contribution in [2.24, 2.45) is 0 Å². The van der Waals surface area contributed by atoms with E-state index in [2.05, 4.69) is 0 Å². The van der Waals surface area contributed by atoms with Gasteiger partial charge in [0.15, 0.2) is 19.5 Å². The molecule has 1 N–H and O–H groups in total. The molecule has 0 saturated carbocycles. The number of rotatable bonds is 11. The van der Waals surface area contributed by atoms with E-state index in [1.54, 1.807) is 26.0 Å². The van der Waals surface area contributed by atoms with Crippen LogP contribution in [0.1, 0.15) is 37.0 Å². The number of esters is 1. The van der Waals surface area contributed by atoms with Crippen LogP contribution in [0.25, 0.3) is 0 Å². The smallest absolute Gasteiger partial charge is 0.326 e. The first-order valence-electron chi connectivity index (χ1n) is 12.2. The monoisotopic (exact) mass is 508 g/mol. The summed E-state index contributed by atoms with van der Waals surface area (Å²) in [6.45, 7) is 3.50. The van der Waals surface area contributed by atoms with Gasteiger partial charge in [-0.05, 0) is 55.5 Å². The molecule has 0 fully saturated rings. The third kappa shape index (κ3) is 6.43. The summed E-state index contributed by atoms with van der Waals surface area (Å²) in [5.41, 5.74) is 2.54. The second-order valence-electron chi connectivity index (χ2n) is 8.92. The maximum Gasteiger partial charge on any atom is 0.326 e. The summed E-state index contributed by atoms with van der Waals surface area (Å²) in [5, 5.41) is 9.94. The molecule has 9 nitrogen and oxygen atoms in total. The summed E-state index contributed by atoms with van der Waals surface area (Å²) in [5.74, 6) is -1.18. The fourth-order valence-electron chi connectivity index (χ4n) is 4.58. The number of aryl methyl sites for hydroxylation is 1. The Morgan fingerprint density at radius 2 is 1.73 bits per heavy atom. The van der Waals surface area contributed by atoms with Crippen molar-refractivity contribution in [3.63, 3.8) is 0 Å². The minimum atomic E-state index is -1.13. The molecule has 2 radical (unpaired) electrons. The van der Waals surface area contributed by atoms with Gasteiger partial charge in [-0.2, -0.15) is 0 Å². The van der Waals surface area contributed by atoms with E-state index >= 15 is 0 Å². The highest BCUT2D eigenvalue weighted by Gasteiger charge is 2.39. The van der Waals surface area contributed by atoms with Crippen LogP contribution in [-0.2, 0) is 38.5 Å². The van der Waals surface area contributed by atoms with Gasteiger partial charge >= 0.3 is 11.9 Å². The third-order valence-electron chi connectivity index (χ3n) is 6.68. The Balaban J connectivity index is 1.84. The number of benzene rings is 2. The minimum absolute atomic E-state index is 0.0533. The molecule has 1 heterocycles. The van der Waals surface area contributed by atoms with Crippen LogP contribution in [0.4, 0.5) is 0 Å². The number of carboxylic acids is 1. The lowest BCUT2D eigenvalue weighted by Crippen LogP contribution is -2.57. The highest BCUT2D eigenvalue weighted by atomic mass is 16.5. The Kier molecular flexibility index (Phi) is 9.57. The largest absolute Gasteiger partial charge is 0.493 e. The van der Waals surface area contributed by atoms with E-state index in [0.717, 1.165) is 16.7 Å². The van der Waals surface area contributed by atoms with Crippen molar-refractivity contribution >= 4 is 25.8 Å². The maximum atomic E-state index is 13.6. The van der Waals surface area contributed by atoms with Crippen LogP contribution in [0, 0.1) is 0 Å². The van der Waals surface area contributed by atoms with Crippen molar-refractivity contribution in [3.05, 3.63) is 59.2 Å². The molecule has 2 aromatic rings. The summed E-state index contributed by atoms with van der Waals surface area (Å²) >= 11 is 0. The van der Waals surface area contributed by atoms with Crippen molar-refractivity contribution in [1.82, 2.24) is 9.71 Å². The lowest BCUT2D eigenvalue weighted by molar-refractivity contribution is -0.155. The van der Waals surface area contributed by atoms with E-state index < -0.39 is 36.0 Å². The van der Waals surface area contributed by atoms with Crippen LogP contribution in [0.3, 0.4) is 0 Å². The minimum Gasteiger partial charge on any atom is -0.493 e. The molecule has 3 rings (SSSR count). The molecule has 1 aliphatic rings. The molecule has 1 amide bonds. The Morgan fingerprint density at radius 1 is 1.11 bits per heavy atom. The number of methoxy groups -OCH3 is 2. The molecule has 0 unspecified atom stereocenters. The Hall–Kier alpha value is -3.53. The Bertz CT molecular complexity index is 1110. The lowest BCUT2D eigenvalue weighted by Gasteiger charge is -2.39. The van der Waals surface area contributed by atoms with Gasteiger partial charge < -0.3 is 29.0 Å². The number of aliphatic carboxylic acids is 1. The molecule has 2 aromatic carbocycles. The number of hydrogen-bond donors (Lipinski definition) is 1. The number of amides is 1. The number of carboxylic acid groups (broad SMARTS) is 1. The van der Waals surface area contributed by atoms with E-state index in [4.69, 9.17) is 22.2 Å². The first-order chi connectivity index (χ1) is 17.7. The quantitative estimate of drug-likeness (QED) is 0.365. The summed E-state index contributed by atoms with van der Waals surface area (Å²) in [7, 11) is 9.38. The lowest BCUT2D eigenvalue weighted by atomic mass is 9.92. The van der Waals surface area contributed by atoms with Gasteiger partial charge in [-0.1, -0.05) is 30.3 Å². The van der Waals surface area contributed by atoms with Crippen molar-refractivity contribution in [2.45, 2.75) is 57.8 Å². The molecule has 0 spiro atoms. The molecule has 0 aromatic heterocycles. The summed E-state index contributed by atoms with van der Waals surface area (Å²) < 4.78 is 16.0. The van der Waals surface area contributed by atoms with Crippen LogP contribution in [0.2, 0.25) is 0 Å². The first kappa shape index (κ1) is 28.1. The van der Waals surface area contributed by atoms with Crippen LogP contribution in [0.15, 0.2) is 42.5 Å². The second-order valence-corrected chi connectivity index (χ2v) is 8.92. The first-order valence-corrected chi connectivity index (χ1v) is 12.2. The fraction of sp³-hybridized carbons (Fsp3) is 0.444. The van der Waals surface area contributed by atoms with Gasteiger partial charge in [-0.15, -0.1) is 0 Å². The molecule has 0 saturated heterocycles. The SMILES string of the molecule is [B]N([C@@H](C)C(=O)N1Cc2cc(OC)c(OC)cc2C[C@H]1C(=O)O)[C@@H](CCc1ccccc1)C(=O)OCC. The predicted molar refractivity (Wildman–Crippen MR) is 137 cm³/mol. The summed E-state index contributed by atoms with van der Waals surface area (Å²) in [6, 6.07) is 10.1. The topological polar surface area (TPSA) is 106 Å². The average molecular weight is 508 g/mol. The molecule has 3 atom stereocenters. The molecule has 0 bridgehead atoms. The third-order valence-corrected chi connectivity index (χ3v) is 6.68. The zero-order valence-electron chi connectivity index (χ0n) is 21.7. The number of ether oxygens (including phenoxy) is 3.